The molecule has 0 saturated heterocycles. The molecule has 1 rings (SSSR count). The van der Waals surface area contributed by atoms with Crippen molar-refractivity contribution >= 4 is 5.97 Å². The lowest BCUT2D eigenvalue weighted by atomic mass is 10.1. The number of rotatable bonds is 16. The van der Waals surface area contributed by atoms with Crippen LogP contribution in [0.25, 0.3) is 0 Å². The third-order valence-corrected chi connectivity index (χ3v) is 4.54. The number of aryl methyl sites for hydroxylation is 2. The van der Waals surface area contributed by atoms with E-state index >= 15 is 0 Å². The van der Waals surface area contributed by atoms with Gasteiger partial charge < -0.3 is 9.15 Å². The van der Waals surface area contributed by atoms with Crippen LogP contribution in [-0.4, -0.2) is 18.1 Å². The molecule has 0 radical (unpaired) electrons. The molecule has 1 heterocycles. The Kier molecular flexibility index (Phi) is 13.5. The minimum absolute atomic E-state index is 0.0950. The van der Waals surface area contributed by atoms with Crippen molar-refractivity contribution in [2.24, 2.45) is 0 Å². The molecular weight excluding hydrogens is 326 g/mol. The Morgan fingerprint density at radius 2 is 1.69 bits per heavy atom. The summed E-state index contributed by atoms with van der Waals surface area (Å²) in [6, 6.07) is 0. The first kappa shape index (κ1) is 22.5. The van der Waals surface area contributed by atoms with Crippen molar-refractivity contribution in [2.75, 3.05) is 7.11 Å². The molecule has 0 N–H and O–H groups in total. The van der Waals surface area contributed by atoms with Crippen LogP contribution in [0.15, 0.2) is 22.8 Å². The average Bonchev–Trinajstić information content (AvgIpc) is 3.10. The number of hydrogen-bond acceptors (Lipinski definition) is 4. The predicted molar refractivity (Wildman–Crippen MR) is 106 cm³/mol. The van der Waals surface area contributed by atoms with E-state index in [1.807, 2.05) is 6.20 Å². The zero-order chi connectivity index (χ0) is 18.9. The summed E-state index contributed by atoms with van der Waals surface area (Å²) in [4.78, 5) is 15.4. The highest BCUT2D eigenvalue weighted by Gasteiger charge is 2.03. The number of carbonyl (C=O) groups excluding carboxylic acids is 1. The van der Waals surface area contributed by atoms with Crippen LogP contribution < -0.4 is 0 Å². The number of unbranched alkanes of at least 4 members (excludes halogenated alkanes) is 8. The summed E-state index contributed by atoms with van der Waals surface area (Å²) in [5.74, 6) is 1.84. The zero-order valence-electron chi connectivity index (χ0n) is 16.8. The summed E-state index contributed by atoms with van der Waals surface area (Å²) < 4.78 is 10.4. The monoisotopic (exact) mass is 363 g/mol. The predicted octanol–water partition coefficient (Wildman–Crippen LogP) is 6.19. The summed E-state index contributed by atoms with van der Waals surface area (Å²) in [6.07, 6.45) is 21.7. The maximum atomic E-state index is 11.0. The highest BCUT2D eigenvalue weighted by atomic mass is 16.5. The normalized spacial score (nSPS) is 11.3. The fourth-order valence-electron chi connectivity index (χ4n) is 2.89. The molecule has 4 nitrogen and oxygen atoms in total. The van der Waals surface area contributed by atoms with Gasteiger partial charge >= 0.3 is 5.97 Å². The number of esters is 1. The van der Waals surface area contributed by atoms with Gasteiger partial charge in [0, 0.05) is 19.3 Å². The molecule has 148 valence electrons. The molecule has 0 saturated carbocycles. The summed E-state index contributed by atoms with van der Waals surface area (Å²) in [6.45, 7) is 2.22. The molecule has 26 heavy (non-hydrogen) atoms. The van der Waals surface area contributed by atoms with Crippen LogP contribution in [0.4, 0.5) is 0 Å². The third-order valence-electron chi connectivity index (χ3n) is 4.54. The van der Waals surface area contributed by atoms with Crippen LogP contribution in [0, 0.1) is 0 Å². The van der Waals surface area contributed by atoms with Gasteiger partial charge in [0.25, 0.3) is 0 Å². The van der Waals surface area contributed by atoms with E-state index in [9.17, 15) is 4.79 Å². The minimum atomic E-state index is -0.0950. The maximum Gasteiger partial charge on any atom is 0.305 e. The lowest BCUT2D eigenvalue weighted by molar-refractivity contribution is -0.140. The Labute approximate surface area is 159 Å². The molecule has 0 spiro atoms. The summed E-state index contributed by atoms with van der Waals surface area (Å²) in [5, 5.41) is 0. The van der Waals surface area contributed by atoms with E-state index in [4.69, 9.17) is 4.42 Å². The average molecular weight is 364 g/mol. The standard InChI is InChI=1S/C22H37NO3/c1-3-4-13-16-20-19-23-21(26-20)17-14-11-9-7-5-6-8-10-12-15-18-22(24)25-2/h5,7,19H,3-4,6,8-18H2,1-2H3/b7-5-. The number of methoxy groups -OCH3 is 1. The quantitative estimate of drug-likeness (QED) is 0.200. The van der Waals surface area contributed by atoms with Gasteiger partial charge in [0.2, 0.25) is 0 Å². The van der Waals surface area contributed by atoms with Crippen LogP contribution in [0.3, 0.4) is 0 Å². The Bertz CT molecular complexity index is 493. The van der Waals surface area contributed by atoms with Crippen LogP contribution >= 0.6 is 0 Å². The van der Waals surface area contributed by atoms with Crippen molar-refractivity contribution in [3.05, 3.63) is 30.0 Å². The molecule has 0 aliphatic rings. The Hall–Kier alpha value is -1.58. The van der Waals surface area contributed by atoms with Crippen molar-refractivity contribution in [2.45, 2.75) is 96.8 Å². The van der Waals surface area contributed by atoms with E-state index in [1.54, 1.807) is 0 Å². The molecule has 0 bridgehead atoms. The lowest BCUT2D eigenvalue weighted by Gasteiger charge is -1.99. The van der Waals surface area contributed by atoms with E-state index in [-0.39, 0.29) is 5.97 Å². The molecule has 1 aromatic heterocycles. The van der Waals surface area contributed by atoms with Gasteiger partial charge in [0.05, 0.1) is 13.3 Å². The zero-order valence-corrected chi connectivity index (χ0v) is 16.8. The largest absolute Gasteiger partial charge is 0.469 e. The molecule has 0 aliphatic carbocycles. The van der Waals surface area contributed by atoms with Crippen LogP contribution in [0.1, 0.15) is 95.6 Å². The Balaban J connectivity index is 1.92. The van der Waals surface area contributed by atoms with Crippen LogP contribution in [0.5, 0.6) is 0 Å². The molecule has 0 aromatic carbocycles. The molecule has 4 heteroatoms. The van der Waals surface area contributed by atoms with Gasteiger partial charge in [0.15, 0.2) is 5.89 Å². The van der Waals surface area contributed by atoms with Gasteiger partial charge in [-0.25, -0.2) is 4.98 Å². The summed E-state index contributed by atoms with van der Waals surface area (Å²) in [7, 11) is 1.45. The number of oxazole rings is 1. The van der Waals surface area contributed by atoms with E-state index in [0.717, 1.165) is 56.6 Å². The van der Waals surface area contributed by atoms with E-state index < -0.39 is 0 Å². The van der Waals surface area contributed by atoms with E-state index in [2.05, 4.69) is 28.8 Å². The Morgan fingerprint density at radius 1 is 1.00 bits per heavy atom. The van der Waals surface area contributed by atoms with E-state index in [0.29, 0.717) is 6.42 Å². The van der Waals surface area contributed by atoms with Crippen molar-refractivity contribution < 1.29 is 13.9 Å². The van der Waals surface area contributed by atoms with Crippen molar-refractivity contribution in [1.29, 1.82) is 0 Å². The SMILES string of the molecule is CCCCCc1cnc(CCCC/C=C\CCCCCCC(=O)OC)o1. The fraction of sp³-hybridized carbons (Fsp3) is 0.727. The molecule has 0 amide bonds. The molecule has 1 aromatic rings. The fourth-order valence-corrected chi connectivity index (χ4v) is 2.89. The smallest absolute Gasteiger partial charge is 0.305 e. The third kappa shape index (κ3) is 11.9. The first-order chi connectivity index (χ1) is 12.8. The first-order valence-corrected chi connectivity index (χ1v) is 10.4. The van der Waals surface area contributed by atoms with Gasteiger partial charge in [-0.3, -0.25) is 4.79 Å². The van der Waals surface area contributed by atoms with Gasteiger partial charge in [-0.1, -0.05) is 44.8 Å². The Morgan fingerprint density at radius 3 is 2.42 bits per heavy atom. The highest BCUT2D eigenvalue weighted by Crippen LogP contribution is 2.12. The van der Waals surface area contributed by atoms with Crippen LogP contribution in [-0.2, 0) is 22.4 Å². The van der Waals surface area contributed by atoms with Gasteiger partial charge in [-0.15, -0.1) is 0 Å². The summed E-state index contributed by atoms with van der Waals surface area (Å²) >= 11 is 0. The second kappa shape index (κ2) is 15.7. The second-order valence-corrected chi connectivity index (χ2v) is 6.92. The minimum Gasteiger partial charge on any atom is -0.469 e. The maximum absolute atomic E-state index is 11.0. The number of ether oxygens (including phenoxy) is 1. The molecule has 0 atom stereocenters. The van der Waals surface area contributed by atoms with Gasteiger partial charge in [-0.2, -0.15) is 0 Å². The molecule has 0 unspecified atom stereocenters. The summed E-state index contributed by atoms with van der Waals surface area (Å²) in [5.41, 5.74) is 0. The van der Waals surface area contributed by atoms with Crippen molar-refractivity contribution in [1.82, 2.24) is 4.98 Å². The first-order valence-electron chi connectivity index (χ1n) is 10.4. The second-order valence-electron chi connectivity index (χ2n) is 6.92. The number of hydrogen-bond donors (Lipinski definition) is 0. The van der Waals surface area contributed by atoms with Gasteiger partial charge in [0.1, 0.15) is 5.76 Å². The number of nitrogens with zero attached hydrogens (tertiary/aromatic N) is 1. The molecular formula is C22H37NO3. The number of aromatic nitrogens is 1. The molecule has 0 fully saturated rings. The lowest BCUT2D eigenvalue weighted by Crippen LogP contribution is -1.98. The van der Waals surface area contributed by atoms with Crippen molar-refractivity contribution in [3.63, 3.8) is 0 Å². The van der Waals surface area contributed by atoms with Crippen molar-refractivity contribution in [3.8, 4) is 0 Å². The number of allylic oxidation sites excluding steroid dienone is 2. The molecule has 0 aliphatic heterocycles. The van der Waals surface area contributed by atoms with Crippen LogP contribution in [0.2, 0.25) is 0 Å². The number of carbonyl (C=O) groups is 1. The highest BCUT2D eigenvalue weighted by molar-refractivity contribution is 5.68. The van der Waals surface area contributed by atoms with Gasteiger partial charge in [-0.05, 0) is 44.9 Å². The topological polar surface area (TPSA) is 52.3 Å². The van der Waals surface area contributed by atoms with E-state index in [1.165, 1.54) is 45.6 Å².